The van der Waals surface area contributed by atoms with Crippen molar-refractivity contribution in [3.8, 4) is 0 Å². The second kappa shape index (κ2) is 56.9. The molecule has 806 valence electrons. The number of pyridine rings is 4. The highest BCUT2D eigenvalue weighted by molar-refractivity contribution is 9.10. The fourth-order valence-corrected chi connectivity index (χ4v) is 31.0. The molecule has 40 nitrogen and oxygen atoms in total. The monoisotopic (exact) mass is 2780 g/mol. The van der Waals surface area contributed by atoms with Crippen LogP contribution in [0.3, 0.4) is 0 Å². The van der Waals surface area contributed by atoms with Gasteiger partial charge in [-0.05, 0) is 159 Å². The molecule has 148 heavy (non-hydrogen) atoms. The zero-order valence-corrected chi connectivity index (χ0v) is 102. The molecule has 4 aromatic heterocycles. The SMILES string of the molecule is Cc1cc([N+](=O)[O-])cc(S(=O)(=O)N2CCCN(C)CC2)c1N(CCBr)CCBr.Cc1cc([N+](=O)[O-])cc(S(=O)(=O)N2CCc3cccnc3C2)c1N(CCBr)CCBr.Cc1cc([N+](=O)[O-])cc(S(=O)(=O)N2CCc3ccncc3C2)c1N(CCBr)CCBr.Cc1cc([N+](=O)[O-])cc(S(=O)(=O)N2CCc3cnccc3C2)c1N(CCBr)CCBr.Cc1cc([N+](=O)[O-])cc(S(=O)(=O)N2CCc3ncccc3C2)c1N(CCBr)CCBr. The molecule has 5 aliphatic heterocycles. The average Bonchev–Trinajstić information content (AvgIpc) is 0.860. The third-order valence-electron chi connectivity index (χ3n) is 25.0. The van der Waals surface area contributed by atoms with Gasteiger partial charge in [0.05, 0.1) is 65.3 Å². The quantitative estimate of drug-likeness (QED) is 0.0195. The summed E-state index contributed by atoms with van der Waals surface area (Å²) in [6, 6.07) is 24.3. The van der Waals surface area contributed by atoms with Gasteiger partial charge >= 0.3 is 0 Å². The molecule has 1 fully saturated rings. The van der Waals surface area contributed by atoms with Crippen LogP contribution in [-0.4, -0.2) is 291 Å². The van der Waals surface area contributed by atoms with Crippen molar-refractivity contribution in [2.24, 2.45) is 0 Å². The number of rotatable bonds is 40. The number of nitro groups is 5. The molecule has 55 heteroatoms. The minimum atomic E-state index is -3.98. The highest BCUT2D eigenvalue weighted by atomic mass is 79.9. The fraction of sp³-hybridized carbons (Fsp3) is 0.462. The molecule has 9 aromatic rings. The first-order valence-electron chi connectivity index (χ1n) is 46.6. The number of sulfonamides is 5. The predicted molar refractivity (Wildman–Crippen MR) is 611 cm³/mol. The number of anilines is 5. The van der Waals surface area contributed by atoms with Gasteiger partial charge in [0.15, 0.2) is 0 Å². The molecule has 14 rings (SSSR count). The Hall–Kier alpha value is -6.99. The Labute approximate surface area is 947 Å². The van der Waals surface area contributed by atoms with Crippen LogP contribution in [0, 0.1) is 85.2 Å². The van der Waals surface area contributed by atoms with Crippen LogP contribution in [0.2, 0.25) is 0 Å². The molecule has 1 saturated heterocycles. The van der Waals surface area contributed by atoms with E-state index in [4.69, 9.17) is 0 Å². The normalized spacial score (nSPS) is 14.8. The first-order chi connectivity index (χ1) is 70.4. The number of nitrogens with zero attached hydrogens (tertiary/aromatic N) is 20. The maximum absolute atomic E-state index is 13.7. The topological polar surface area (TPSA) is 474 Å². The summed E-state index contributed by atoms with van der Waals surface area (Å²) in [5.41, 5.74) is 11.6. The Morgan fingerprint density at radius 1 is 0.291 bits per heavy atom. The van der Waals surface area contributed by atoms with Crippen molar-refractivity contribution in [3.63, 3.8) is 0 Å². The lowest BCUT2D eigenvalue weighted by Crippen LogP contribution is -2.38. The number of aryl methyl sites for hydroxylation is 5. The Morgan fingerprint density at radius 2 is 0.561 bits per heavy atom. The molecule has 0 spiro atoms. The summed E-state index contributed by atoms with van der Waals surface area (Å²) in [5.74, 6) is 0. The van der Waals surface area contributed by atoms with E-state index < -0.39 is 74.7 Å². The second-order valence-corrected chi connectivity index (χ2v) is 52.0. The number of hydrogen-bond acceptors (Lipinski definition) is 30. The number of nitro benzene ring substituents is 5. The van der Waals surface area contributed by atoms with E-state index in [2.05, 4.69) is 184 Å². The van der Waals surface area contributed by atoms with Gasteiger partial charge in [-0.1, -0.05) is 171 Å². The van der Waals surface area contributed by atoms with E-state index in [0.29, 0.717) is 246 Å². The van der Waals surface area contributed by atoms with Crippen LogP contribution < -0.4 is 24.5 Å². The highest BCUT2D eigenvalue weighted by Crippen LogP contribution is 2.44. The summed E-state index contributed by atoms with van der Waals surface area (Å²) in [7, 11) is -17.8. The molecule has 0 aliphatic carbocycles. The molecule has 0 radical (unpaired) electrons. The number of halogens is 10. The van der Waals surface area contributed by atoms with E-state index in [-0.39, 0.29) is 85.6 Å². The van der Waals surface area contributed by atoms with Crippen molar-refractivity contribution < 1.29 is 66.7 Å². The molecule has 5 aliphatic rings. The molecule has 0 unspecified atom stereocenters. The van der Waals surface area contributed by atoms with Crippen molar-refractivity contribution in [1.29, 1.82) is 0 Å². The van der Waals surface area contributed by atoms with Gasteiger partial charge in [0.25, 0.3) is 28.4 Å². The first-order valence-corrected chi connectivity index (χ1v) is 65.0. The molecule has 9 heterocycles. The summed E-state index contributed by atoms with van der Waals surface area (Å²) in [6.07, 6.45) is 13.0. The summed E-state index contributed by atoms with van der Waals surface area (Å²) < 4.78 is 144. The van der Waals surface area contributed by atoms with Crippen molar-refractivity contribution in [2.75, 3.05) is 203 Å². The summed E-state index contributed by atoms with van der Waals surface area (Å²) >= 11 is 34.2. The van der Waals surface area contributed by atoms with Crippen molar-refractivity contribution >= 4 is 266 Å². The lowest BCUT2D eigenvalue weighted by Gasteiger charge is -2.31. The lowest BCUT2D eigenvalue weighted by molar-refractivity contribution is -0.385. The van der Waals surface area contributed by atoms with Crippen LogP contribution in [0.5, 0.6) is 0 Å². The molecule has 0 atom stereocenters. The molecule has 0 bridgehead atoms. The van der Waals surface area contributed by atoms with Gasteiger partial charge in [-0.2, -0.15) is 21.5 Å². The van der Waals surface area contributed by atoms with Gasteiger partial charge in [0, 0.05) is 294 Å². The molecule has 0 N–H and O–H groups in total. The van der Waals surface area contributed by atoms with Crippen LogP contribution in [-0.2, 0) is 102 Å². The summed E-state index contributed by atoms with van der Waals surface area (Å²) in [5, 5.41) is 63.7. The number of non-ortho nitro benzene ring substituents is 5. The van der Waals surface area contributed by atoms with E-state index >= 15 is 0 Å². The number of benzene rings is 5. The van der Waals surface area contributed by atoms with Crippen LogP contribution >= 0.6 is 159 Å². The number of fused-ring (bicyclic) bond motifs is 4. The zero-order chi connectivity index (χ0) is 108. The smallest absolute Gasteiger partial charge is 0.271 e. The third-order valence-corrected chi connectivity index (χ3v) is 37.9. The van der Waals surface area contributed by atoms with E-state index in [1.54, 1.807) is 77.9 Å². The highest BCUT2D eigenvalue weighted by Gasteiger charge is 2.42. The van der Waals surface area contributed by atoms with E-state index in [1.807, 2.05) is 61.9 Å². The Bertz CT molecular complexity index is 6160. The van der Waals surface area contributed by atoms with E-state index in [0.717, 1.165) is 52.0 Å². The Kier molecular flexibility index (Phi) is 47.2. The van der Waals surface area contributed by atoms with Crippen LogP contribution in [0.4, 0.5) is 56.9 Å². The van der Waals surface area contributed by atoms with Gasteiger partial charge in [0.1, 0.15) is 24.5 Å². The maximum Gasteiger partial charge on any atom is 0.271 e. The molecular formula is C93H114Br10N20O20S5. The summed E-state index contributed by atoms with van der Waals surface area (Å²) in [4.78, 5) is 83.1. The van der Waals surface area contributed by atoms with Crippen LogP contribution in [0.15, 0.2) is 159 Å². The van der Waals surface area contributed by atoms with Crippen molar-refractivity contribution in [3.05, 3.63) is 257 Å². The number of likely N-dealkylation sites (N-methyl/N-ethyl adjacent to an activating group) is 1. The standard InChI is InChI=1S/4C19H22Br2N4O4S.C17H26Br2N4O4S/c1-14-10-17(25(26)27)11-18(19(14)23(8-4-20)9-5-21)30(28,29)24-7-3-15-12-22-6-2-16(15)13-24;1-14-10-17(25(26)27)11-18(19(14)23(8-4-20)9-5-21)30(28,29)24-7-3-15-2-6-22-12-16(15)13-24;1-14-11-16(25(26)27)12-18(19(14)23(9-5-20)10-6-21)30(28,29)24-8-4-17-15(13-24)3-2-7-22-17;1-14-11-16(25(26)27)12-18(19(14)23(9-5-20)10-6-21)30(28,29)24-8-4-15-3-2-7-22-17(15)13-24;1-14-12-15(23(24)25)13-16(17(14)21(8-4-18)9-5-19)28(26,27)22-7-3-6-20(2)10-11-22/h2*2,6,10-12H,3-5,7-9,13H2,1H3;2*2-3,7,11-12H,4-6,8-10,13H2,1H3;12-13H,3-11H2,1-2H3. The first kappa shape index (κ1) is 123. The number of aromatic nitrogens is 4. The lowest BCUT2D eigenvalue weighted by atomic mass is 10.0. The van der Waals surface area contributed by atoms with Gasteiger partial charge in [0.2, 0.25) is 50.1 Å². The van der Waals surface area contributed by atoms with Gasteiger partial charge in [-0.25, -0.2) is 42.1 Å². The molecule has 0 amide bonds. The fourth-order valence-electron chi connectivity index (χ4n) is 18.0. The Morgan fingerprint density at radius 3 is 0.892 bits per heavy atom. The number of hydrogen-bond donors (Lipinski definition) is 0. The summed E-state index contributed by atoms with van der Waals surface area (Å²) in [6.45, 7) is 18.5. The molecular weight excluding hydrogens is 2680 g/mol. The van der Waals surface area contributed by atoms with Crippen molar-refractivity contribution in [1.82, 2.24) is 46.4 Å². The van der Waals surface area contributed by atoms with Crippen LogP contribution in [0.1, 0.15) is 79.0 Å². The molecule has 0 saturated carbocycles. The average molecular weight is 2790 g/mol. The zero-order valence-electron chi connectivity index (χ0n) is 81.8. The van der Waals surface area contributed by atoms with Gasteiger partial charge in [-0.3, -0.25) is 70.5 Å². The number of alkyl halides is 10. The van der Waals surface area contributed by atoms with E-state index in [9.17, 15) is 92.7 Å². The minimum absolute atomic E-state index is 0.0191. The largest absolute Gasteiger partial charge is 0.369 e. The maximum atomic E-state index is 13.7. The predicted octanol–water partition coefficient (Wildman–Crippen LogP) is 17.4. The van der Waals surface area contributed by atoms with Crippen molar-refractivity contribution in [2.45, 2.75) is 117 Å². The molecule has 5 aromatic carbocycles. The second-order valence-electron chi connectivity index (χ2n) is 34.6. The van der Waals surface area contributed by atoms with Gasteiger partial charge < -0.3 is 29.4 Å². The van der Waals surface area contributed by atoms with E-state index in [1.165, 1.54) is 82.2 Å². The third kappa shape index (κ3) is 30.6. The van der Waals surface area contributed by atoms with Gasteiger partial charge in [-0.15, -0.1) is 0 Å². The van der Waals surface area contributed by atoms with Crippen LogP contribution in [0.25, 0.3) is 0 Å². The minimum Gasteiger partial charge on any atom is -0.369 e. The Balaban J connectivity index is 0.000000189.